The summed E-state index contributed by atoms with van der Waals surface area (Å²) < 4.78 is 0. The Balaban J connectivity index is 1.60. The van der Waals surface area contributed by atoms with Crippen LogP contribution >= 0.6 is 0 Å². The molecule has 3 rings (SSSR count). The average Bonchev–Trinajstić information content (AvgIpc) is 2.96. The number of benzene rings is 1. The Morgan fingerprint density at radius 1 is 1.22 bits per heavy atom. The standard InChI is InChI=1S/C16H17N5O2/c1-10-8-14(18-9-17-10)19-11-2-4-12(5-3-11)20-16(23)13-6-7-15(22)21-13/h2-5,8-9,13H,6-7H2,1H3,(H,20,23)(H,21,22)(H,17,18,19). The number of aryl methyl sites for hydroxylation is 1. The third-order valence-corrected chi connectivity index (χ3v) is 3.54. The van der Waals surface area contributed by atoms with Gasteiger partial charge in [-0.2, -0.15) is 0 Å². The zero-order chi connectivity index (χ0) is 16.2. The molecule has 0 spiro atoms. The van der Waals surface area contributed by atoms with E-state index in [1.807, 2.05) is 25.1 Å². The van der Waals surface area contributed by atoms with Crippen LogP contribution in [0.25, 0.3) is 0 Å². The summed E-state index contributed by atoms with van der Waals surface area (Å²) >= 11 is 0. The first-order valence-corrected chi connectivity index (χ1v) is 7.36. The number of carbonyl (C=O) groups excluding carboxylic acids is 2. The van der Waals surface area contributed by atoms with E-state index in [0.717, 1.165) is 11.4 Å². The van der Waals surface area contributed by atoms with Gasteiger partial charge in [0, 0.05) is 29.6 Å². The van der Waals surface area contributed by atoms with Gasteiger partial charge in [-0.05, 0) is 37.6 Å². The van der Waals surface area contributed by atoms with Crippen molar-refractivity contribution in [2.45, 2.75) is 25.8 Å². The lowest BCUT2D eigenvalue weighted by Gasteiger charge is -2.11. The Kier molecular flexibility index (Phi) is 4.18. The highest BCUT2D eigenvalue weighted by Crippen LogP contribution is 2.18. The average molecular weight is 311 g/mol. The predicted octanol–water partition coefficient (Wildman–Crippen LogP) is 1.75. The molecule has 2 heterocycles. The molecule has 0 aliphatic carbocycles. The molecule has 118 valence electrons. The Morgan fingerprint density at radius 2 is 1.96 bits per heavy atom. The molecule has 1 fully saturated rings. The highest BCUT2D eigenvalue weighted by molar-refractivity contribution is 5.99. The van der Waals surface area contributed by atoms with Gasteiger partial charge in [0.25, 0.3) is 0 Å². The summed E-state index contributed by atoms with van der Waals surface area (Å²) in [6, 6.07) is 8.69. The summed E-state index contributed by atoms with van der Waals surface area (Å²) in [6.45, 7) is 1.90. The Labute approximate surface area is 133 Å². The molecule has 0 saturated carbocycles. The number of hydrogen-bond donors (Lipinski definition) is 3. The Morgan fingerprint density at radius 3 is 2.61 bits per heavy atom. The highest BCUT2D eigenvalue weighted by Gasteiger charge is 2.26. The topological polar surface area (TPSA) is 96.0 Å². The first kappa shape index (κ1) is 15.0. The van der Waals surface area contributed by atoms with Crippen molar-refractivity contribution in [1.82, 2.24) is 15.3 Å². The van der Waals surface area contributed by atoms with Crippen LogP contribution in [-0.4, -0.2) is 27.8 Å². The minimum Gasteiger partial charge on any atom is -0.344 e. The van der Waals surface area contributed by atoms with Gasteiger partial charge in [-0.1, -0.05) is 0 Å². The third-order valence-electron chi connectivity index (χ3n) is 3.54. The summed E-state index contributed by atoms with van der Waals surface area (Å²) in [7, 11) is 0. The molecule has 3 N–H and O–H groups in total. The fourth-order valence-corrected chi connectivity index (χ4v) is 2.35. The van der Waals surface area contributed by atoms with Crippen molar-refractivity contribution in [3.05, 3.63) is 42.4 Å². The Hall–Kier alpha value is -2.96. The smallest absolute Gasteiger partial charge is 0.246 e. The zero-order valence-corrected chi connectivity index (χ0v) is 12.7. The van der Waals surface area contributed by atoms with Crippen LogP contribution in [0.5, 0.6) is 0 Å². The van der Waals surface area contributed by atoms with E-state index >= 15 is 0 Å². The molecule has 1 unspecified atom stereocenters. The maximum atomic E-state index is 12.0. The van der Waals surface area contributed by atoms with Gasteiger partial charge in [0.15, 0.2) is 0 Å². The second-order valence-electron chi connectivity index (χ2n) is 5.40. The van der Waals surface area contributed by atoms with Crippen LogP contribution in [0, 0.1) is 6.92 Å². The van der Waals surface area contributed by atoms with Crippen molar-refractivity contribution in [2.75, 3.05) is 10.6 Å². The van der Waals surface area contributed by atoms with Gasteiger partial charge >= 0.3 is 0 Å². The van der Waals surface area contributed by atoms with Gasteiger partial charge in [-0.25, -0.2) is 9.97 Å². The number of nitrogens with one attached hydrogen (secondary N) is 3. The molecule has 0 bridgehead atoms. The number of aromatic nitrogens is 2. The minimum atomic E-state index is -0.440. The summed E-state index contributed by atoms with van der Waals surface area (Å²) in [5.41, 5.74) is 2.42. The van der Waals surface area contributed by atoms with Crippen LogP contribution in [0.3, 0.4) is 0 Å². The fraction of sp³-hybridized carbons (Fsp3) is 0.250. The second kappa shape index (κ2) is 6.43. The zero-order valence-electron chi connectivity index (χ0n) is 12.7. The van der Waals surface area contributed by atoms with Gasteiger partial charge < -0.3 is 16.0 Å². The van der Waals surface area contributed by atoms with Crippen molar-refractivity contribution in [1.29, 1.82) is 0 Å². The van der Waals surface area contributed by atoms with E-state index in [0.29, 0.717) is 24.3 Å². The molecule has 1 aromatic carbocycles. The van der Waals surface area contributed by atoms with Crippen LogP contribution in [0.15, 0.2) is 36.7 Å². The van der Waals surface area contributed by atoms with Gasteiger partial charge in [0.1, 0.15) is 18.2 Å². The first-order chi connectivity index (χ1) is 11.1. The molecule has 1 aliphatic rings. The fourth-order valence-electron chi connectivity index (χ4n) is 2.35. The Bertz CT molecular complexity index is 730. The molecule has 23 heavy (non-hydrogen) atoms. The van der Waals surface area contributed by atoms with Crippen molar-refractivity contribution in [3.63, 3.8) is 0 Å². The largest absolute Gasteiger partial charge is 0.344 e. The third kappa shape index (κ3) is 3.82. The highest BCUT2D eigenvalue weighted by atomic mass is 16.2. The maximum absolute atomic E-state index is 12.0. The van der Waals surface area contributed by atoms with Crippen molar-refractivity contribution in [3.8, 4) is 0 Å². The molecule has 1 saturated heterocycles. The van der Waals surface area contributed by atoms with Gasteiger partial charge in [-0.15, -0.1) is 0 Å². The minimum absolute atomic E-state index is 0.0788. The summed E-state index contributed by atoms with van der Waals surface area (Å²) in [5, 5.41) is 8.61. The summed E-state index contributed by atoms with van der Waals surface area (Å²) in [4.78, 5) is 31.3. The lowest BCUT2D eigenvalue weighted by Crippen LogP contribution is -2.37. The number of hydrogen-bond acceptors (Lipinski definition) is 5. The van der Waals surface area contributed by atoms with E-state index in [2.05, 4.69) is 25.9 Å². The van der Waals surface area contributed by atoms with E-state index in [4.69, 9.17) is 0 Å². The molecule has 2 amide bonds. The van der Waals surface area contributed by atoms with E-state index in [1.54, 1.807) is 12.1 Å². The van der Waals surface area contributed by atoms with Crippen molar-refractivity contribution >= 4 is 29.0 Å². The van der Waals surface area contributed by atoms with Crippen molar-refractivity contribution in [2.24, 2.45) is 0 Å². The SMILES string of the molecule is Cc1cc(Nc2ccc(NC(=O)C3CCC(=O)N3)cc2)ncn1. The summed E-state index contributed by atoms with van der Waals surface area (Å²) in [6.07, 6.45) is 2.44. The van der Waals surface area contributed by atoms with E-state index < -0.39 is 6.04 Å². The molecule has 7 nitrogen and oxygen atoms in total. The van der Waals surface area contributed by atoms with Crippen LogP contribution in [0.1, 0.15) is 18.5 Å². The molecule has 0 radical (unpaired) electrons. The number of nitrogens with zero attached hydrogens (tertiary/aromatic N) is 2. The molecule has 1 atom stereocenters. The van der Waals surface area contributed by atoms with Gasteiger partial charge in [0.2, 0.25) is 11.8 Å². The number of anilines is 3. The van der Waals surface area contributed by atoms with Crippen LogP contribution < -0.4 is 16.0 Å². The van der Waals surface area contributed by atoms with Crippen LogP contribution in [-0.2, 0) is 9.59 Å². The van der Waals surface area contributed by atoms with Gasteiger partial charge in [-0.3, -0.25) is 9.59 Å². The lowest BCUT2D eigenvalue weighted by atomic mass is 10.2. The normalized spacial score (nSPS) is 16.7. The van der Waals surface area contributed by atoms with Crippen LogP contribution in [0.4, 0.5) is 17.2 Å². The predicted molar refractivity (Wildman–Crippen MR) is 86.3 cm³/mol. The molecular formula is C16H17N5O2. The van der Waals surface area contributed by atoms with Gasteiger partial charge in [0.05, 0.1) is 0 Å². The van der Waals surface area contributed by atoms with E-state index in [9.17, 15) is 9.59 Å². The molecule has 7 heteroatoms. The second-order valence-corrected chi connectivity index (χ2v) is 5.40. The lowest BCUT2D eigenvalue weighted by molar-refractivity contribution is -0.122. The van der Waals surface area contributed by atoms with Crippen LogP contribution in [0.2, 0.25) is 0 Å². The molecular weight excluding hydrogens is 294 g/mol. The first-order valence-electron chi connectivity index (χ1n) is 7.36. The molecule has 1 aliphatic heterocycles. The maximum Gasteiger partial charge on any atom is 0.246 e. The van der Waals surface area contributed by atoms with E-state index in [-0.39, 0.29) is 11.8 Å². The number of carbonyl (C=O) groups is 2. The number of amides is 2. The molecule has 2 aromatic rings. The summed E-state index contributed by atoms with van der Waals surface area (Å²) in [5.74, 6) is 0.441. The van der Waals surface area contributed by atoms with Crippen molar-refractivity contribution < 1.29 is 9.59 Å². The quantitative estimate of drug-likeness (QED) is 0.799. The number of rotatable bonds is 4. The van der Waals surface area contributed by atoms with E-state index in [1.165, 1.54) is 6.33 Å². The monoisotopic (exact) mass is 311 g/mol. The molecule has 1 aromatic heterocycles.